The molecule has 0 bridgehead atoms. The van der Waals surface area contributed by atoms with E-state index in [4.69, 9.17) is 4.74 Å². The molecule has 2 aliphatic rings. The second-order valence-corrected chi connectivity index (χ2v) is 8.42. The normalized spacial score (nSPS) is 35.7. The third-order valence-electron chi connectivity index (χ3n) is 5.51. The number of hydrogen-bond acceptors (Lipinski definition) is 2. The monoisotopic (exact) mass is 281 g/mol. The van der Waals surface area contributed by atoms with Gasteiger partial charge in [-0.15, -0.1) is 0 Å². The highest BCUT2D eigenvalue weighted by molar-refractivity contribution is 4.89. The molecule has 0 spiro atoms. The Hall–Kier alpha value is -0.0800. The molecule has 2 atom stereocenters. The van der Waals surface area contributed by atoms with Crippen LogP contribution in [0.2, 0.25) is 0 Å². The van der Waals surface area contributed by atoms with E-state index in [0.717, 1.165) is 30.9 Å². The first-order valence-corrected chi connectivity index (χ1v) is 8.73. The van der Waals surface area contributed by atoms with Gasteiger partial charge >= 0.3 is 0 Å². The number of ether oxygens (including phenoxy) is 1. The molecule has 1 aliphatic heterocycles. The van der Waals surface area contributed by atoms with Gasteiger partial charge in [0.2, 0.25) is 0 Å². The molecule has 2 fully saturated rings. The summed E-state index contributed by atoms with van der Waals surface area (Å²) in [6, 6.07) is 0.591. The molecule has 2 rings (SSSR count). The van der Waals surface area contributed by atoms with Gasteiger partial charge in [-0.1, -0.05) is 34.6 Å². The lowest BCUT2D eigenvalue weighted by atomic mass is 9.68. The minimum Gasteiger partial charge on any atom is -0.378 e. The van der Waals surface area contributed by atoms with Crippen LogP contribution in [0.4, 0.5) is 0 Å². The average molecular weight is 281 g/mol. The lowest BCUT2D eigenvalue weighted by molar-refractivity contribution is 0.0101. The van der Waals surface area contributed by atoms with Gasteiger partial charge in [-0.05, 0) is 49.4 Å². The van der Waals surface area contributed by atoms with Gasteiger partial charge in [-0.3, -0.25) is 0 Å². The highest BCUT2D eigenvalue weighted by Gasteiger charge is 2.38. The first-order valence-electron chi connectivity index (χ1n) is 8.73. The van der Waals surface area contributed by atoms with Gasteiger partial charge in [0.25, 0.3) is 0 Å². The first kappa shape index (κ1) is 16.3. The maximum absolute atomic E-state index is 6.12. The molecule has 118 valence electrons. The highest BCUT2D eigenvalue weighted by Crippen LogP contribution is 2.43. The van der Waals surface area contributed by atoms with Crippen molar-refractivity contribution in [2.45, 2.75) is 78.9 Å². The molecule has 2 heteroatoms. The maximum Gasteiger partial charge on any atom is 0.0644 e. The third-order valence-corrected chi connectivity index (χ3v) is 5.51. The fourth-order valence-corrected chi connectivity index (χ4v) is 4.10. The molecular weight excluding hydrogens is 246 g/mol. The molecule has 1 aliphatic carbocycles. The SMILES string of the molecule is CC(C)NCC1CCOC1C1CCC(C(C)(C)C)CC1. The van der Waals surface area contributed by atoms with Crippen molar-refractivity contribution >= 4 is 0 Å². The average Bonchev–Trinajstić information content (AvgIpc) is 2.83. The predicted molar refractivity (Wildman–Crippen MR) is 85.9 cm³/mol. The molecule has 20 heavy (non-hydrogen) atoms. The van der Waals surface area contributed by atoms with Crippen molar-refractivity contribution in [1.82, 2.24) is 5.32 Å². The summed E-state index contributed by atoms with van der Waals surface area (Å²) in [5.41, 5.74) is 0.486. The summed E-state index contributed by atoms with van der Waals surface area (Å²) in [6.45, 7) is 13.8. The van der Waals surface area contributed by atoms with Gasteiger partial charge in [0.1, 0.15) is 0 Å². The summed E-state index contributed by atoms with van der Waals surface area (Å²) >= 11 is 0. The van der Waals surface area contributed by atoms with Crippen molar-refractivity contribution in [1.29, 1.82) is 0 Å². The van der Waals surface area contributed by atoms with E-state index < -0.39 is 0 Å². The zero-order valence-electron chi connectivity index (χ0n) is 14.2. The van der Waals surface area contributed by atoms with E-state index in [9.17, 15) is 0 Å². The van der Waals surface area contributed by atoms with Crippen LogP contribution >= 0.6 is 0 Å². The Morgan fingerprint density at radius 1 is 1.05 bits per heavy atom. The van der Waals surface area contributed by atoms with E-state index in [1.165, 1.54) is 32.1 Å². The van der Waals surface area contributed by atoms with Gasteiger partial charge in [-0.25, -0.2) is 0 Å². The molecule has 1 saturated carbocycles. The number of nitrogens with one attached hydrogen (secondary N) is 1. The molecule has 2 nitrogen and oxygen atoms in total. The van der Waals surface area contributed by atoms with Gasteiger partial charge in [0.15, 0.2) is 0 Å². The Labute approximate surface area is 126 Å². The van der Waals surface area contributed by atoms with Crippen LogP contribution in [-0.2, 0) is 4.74 Å². The van der Waals surface area contributed by atoms with Crippen molar-refractivity contribution < 1.29 is 4.74 Å². The largest absolute Gasteiger partial charge is 0.378 e. The van der Waals surface area contributed by atoms with E-state index in [-0.39, 0.29) is 0 Å². The standard InChI is InChI=1S/C18H35NO/c1-13(2)19-12-15-10-11-20-17(15)14-6-8-16(9-7-14)18(3,4)5/h13-17,19H,6-12H2,1-5H3. The summed E-state index contributed by atoms with van der Waals surface area (Å²) in [5.74, 6) is 2.47. The van der Waals surface area contributed by atoms with E-state index in [0.29, 0.717) is 17.6 Å². The Bertz CT molecular complexity index is 286. The zero-order chi connectivity index (χ0) is 14.8. The smallest absolute Gasteiger partial charge is 0.0644 e. The lowest BCUT2D eigenvalue weighted by Crippen LogP contribution is -2.38. The van der Waals surface area contributed by atoms with E-state index in [1.807, 2.05) is 0 Å². The quantitative estimate of drug-likeness (QED) is 0.832. The van der Waals surface area contributed by atoms with Crippen molar-refractivity contribution in [3.8, 4) is 0 Å². The zero-order valence-corrected chi connectivity index (χ0v) is 14.2. The Morgan fingerprint density at radius 2 is 1.70 bits per heavy atom. The van der Waals surface area contributed by atoms with Crippen LogP contribution in [-0.4, -0.2) is 25.3 Å². The Kier molecular flexibility index (Phi) is 5.53. The Balaban J connectivity index is 1.83. The van der Waals surface area contributed by atoms with Crippen molar-refractivity contribution in [2.24, 2.45) is 23.2 Å². The number of hydrogen-bond donors (Lipinski definition) is 1. The molecule has 1 saturated heterocycles. The summed E-state index contributed by atoms with van der Waals surface area (Å²) in [6.07, 6.45) is 7.35. The lowest BCUT2D eigenvalue weighted by Gasteiger charge is -2.39. The van der Waals surface area contributed by atoms with Gasteiger partial charge in [-0.2, -0.15) is 0 Å². The van der Waals surface area contributed by atoms with Gasteiger partial charge in [0.05, 0.1) is 6.10 Å². The Morgan fingerprint density at radius 3 is 2.25 bits per heavy atom. The molecule has 1 N–H and O–H groups in total. The van der Waals surface area contributed by atoms with Gasteiger partial charge < -0.3 is 10.1 Å². The van der Waals surface area contributed by atoms with Crippen LogP contribution in [0.5, 0.6) is 0 Å². The second-order valence-electron chi connectivity index (χ2n) is 8.42. The first-order chi connectivity index (χ1) is 9.38. The van der Waals surface area contributed by atoms with Crippen LogP contribution in [0.15, 0.2) is 0 Å². The molecule has 2 unspecified atom stereocenters. The summed E-state index contributed by atoms with van der Waals surface area (Å²) in [4.78, 5) is 0. The van der Waals surface area contributed by atoms with E-state index in [1.54, 1.807) is 0 Å². The van der Waals surface area contributed by atoms with Crippen molar-refractivity contribution in [3.63, 3.8) is 0 Å². The predicted octanol–water partition coefficient (Wildman–Crippen LogP) is 4.24. The third kappa shape index (κ3) is 4.21. The molecule has 0 aromatic carbocycles. The van der Waals surface area contributed by atoms with Crippen LogP contribution in [0.1, 0.15) is 66.7 Å². The van der Waals surface area contributed by atoms with Crippen molar-refractivity contribution in [3.05, 3.63) is 0 Å². The molecule has 0 aromatic rings. The molecule has 0 radical (unpaired) electrons. The molecule has 1 heterocycles. The molecule has 0 amide bonds. The van der Waals surface area contributed by atoms with Crippen LogP contribution in [0.3, 0.4) is 0 Å². The molecular formula is C18H35NO. The van der Waals surface area contributed by atoms with E-state index >= 15 is 0 Å². The van der Waals surface area contributed by atoms with E-state index in [2.05, 4.69) is 39.9 Å². The van der Waals surface area contributed by atoms with Crippen LogP contribution < -0.4 is 5.32 Å². The topological polar surface area (TPSA) is 21.3 Å². The highest BCUT2D eigenvalue weighted by atomic mass is 16.5. The summed E-state index contributed by atoms with van der Waals surface area (Å²) in [5, 5.41) is 3.61. The van der Waals surface area contributed by atoms with Gasteiger partial charge in [0, 0.05) is 25.1 Å². The van der Waals surface area contributed by atoms with Crippen LogP contribution in [0.25, 0.3) is 0 Å². The minimum atomic E-state index is 0.486. The minimum absolute atomic E-state index is 0.486. The summed E-state index contributed by atoms with van der Waals surface area (Å²) in [7, 11) is 0. The fourth-order valence-electron chi connectivity index (χ4n) is 4.10. The fraction of sp³-hybridized carbons (Fsp3) is 1.00. The van der Waals surface area contributed by atoms with Crippen LogP contribution in [0, 0.1) is 23.2 Å². The maximum atomic E-state index is 6.12. The van der Waals surface area contributed by atoms with Crippen molar-refractivity contribution in [2.75, 3.05) is 13.2 Å². The molecule has 0 aromatic heterocycles. The second kappa shape index (κ2) is 6.79. The summed E-state index contributed by atoms with van der Waals surface area (Å²) < 4.78 is 6.12. The number of rotatable bonds is 4.